The van der Waals surface area contributed by atoms with E-state index in [2.05, 4.69) is 0 Å². The van der Waals surface area contributed by atoms with Crippen LogP contribution in [0.15, 0.2) is 48.5 Å². The SMILES string of the molecule is NCCC(N)c1ccc(-c2ccc(O)cc2)cc1. The van der Waals surface area contributed by atoms with Crippen LogP contribution in [-0.2, 0) is 0 Å². The monoisotopic (exact) mass is 242 g/mol. The molecule has 3 nitrogen and oxygen atoms in total. The first-order valence-corrected chi connectivity index (χ1v) is 6.05. The summed E-state index contributed by atoms with van der Waals surface area (Å²) >= 11 is 0. The molecule has 0 saturated carbocycles. The van der Waals surface area contributed by atoms with Crippen LogP contribution in [-0.4, -0.2) is 11.7 Å². The first-order chi connectivity index (χ1) is 8.70. The second-order valence-electron chi connectivity index (χ2n) is 4.35. The number of aromatic hydroxyl groups is 1. The first-order valence-electron chi connectivity index (χ1n) is 6.05. The van der Waals surface area contributed by atoms with E-state index in [1.807, 2.05) is 36.4 Å². The maximum atomic E-state index is 9.25. The Morgan fingerprint density at radius 2 is 1.39 bits per heavy atom. The van der Waals surface area contributed by atoms with Crippen molar-refractivity contribution in [1.82, 2.24) is 0 Å². The molecule has 0 aliphatic carbocycles. The number of hydrogen-bond donors (Lipinski definition) is 3. The normalized spacial score (nSPS) is 12.3. The summed E-state index contributed by atoms with van der Waals surface area (Å²) < 4.78 is 0. The van der Waals surface area contributed by atoms with Crippen molar-refractivity contribution in [2.75, 3.05) is 6.54 Å². The van der Waals surface area contributed by atoms with Gasteiger partial charge in [-0.15, -0.1) is 0 Å². The zero-order valence-corrected chi connectivity index (χ0v) is 10.2. The number of hydrogen-bond acceptors (Lipinski definition) is 3. The molecule has 0 aromatic heterocycles. The second kappa shape index (κ2) is 5.67. The van der Waals surface area contributed by atoms with Crippen LogP contribution >= 0.6 is 0 Å². The van der Waals surface area contributed by atoms with Crippen molar-refractivity contribution in [3.63, 3.8) is 0 Å². The largest absolute Gasteiger partial charge is 0.508 e. The summed E-state index contributed by atoms with van der Waals surface area (Å²) in [6, 6.07) is 15.3. The van der Waals surface area contributed by atoms with Gasteiger partial charge in [-0.05, 0) is 41.8 Å². The van der Waals surface area contributed by atoms with Crippen LogP contribution in [0.4, 0.5) is 0 Å². The van der Waals surface area contributed by atoms with Crippen molar-refractivity contribution < 1.29 is 5.11 Å². The second-order valence-corrected chi connectivity index (χ2v) is 4.35. The molecule has 0 aliphatic heterocycles. The molecule has 5 N–H and O–H groups in total. The fourth-order valence-electron chi connectivity index (χ4n) is 1.92. The van der Waals surface area contributed by atoms with Gasteiger partial charge in [0.15, 0.2) is 0 Å². The maximum Gasteiger partial charge on any atom is 0.115 e. The van der Waals surface area contributed by atoms with Crippen LogP contribution in [0.1, 0.15) is 18.0 Å². The molecule has 0 aliphatic rings. The molecule has 94 valence electrons. The van der Waals surface area contributed by atoms with Crippen molar-refractivity contribution in [2.24, 2.45) is 11.5 Å². The Hall–Kier alpha value is -1.84. The number of nitrogens with two attached hydrogens (primary N) is 2. The summed E-state index contributed by atoms with van der Waals surface area (Å²) in [6.07, 6.45) is 0.790. The van der Waals surface area contributed by atoms with Crippen LogP contribution in [0.3, 0.4) is 0 Å². The van der Waals surface area contributed by atoms with E-state index >= 15 is 0 Å². The van der Waals surface area contributed by atoms with Gasteiger partial charge >= 0.3 is 0 Å². The standard InChI is InChI=1S/C15H18N2O/c16-10-9-15(17)13-3-1-11(2-4-13)12-5-7-14(18)8-6-12/h1-8,15,18H,9-10,16-17H2. The van der Waals surface area contributed by atoms with E-state index in [4.69, 9.17) is 11.5 Å². The predicted octanol–water partition coefficient (Wildman–Crippen LogP) is 2.41. The zero-order chi connectivity index (χ0) is 13.0. The molecule has 1 atom stereocenters. The molecular formula is C15H18N2O. The molecule has 0 bridgehead atoms. The van der Waals surface area contributed by atoms with Crippen molar-refractivity contribution >= 4 is 0 Å². The van der Waals surface area contributed by atoms with E-state index in [9.17, 15) is 5.11 Å². The van der Waals surface area contributed by atoms with Crippen molar-refractivity contribution in [3.05, 3.63) is 54.1 Å². The quantitative estimate of drug-likeness (QED) is 0.771. The van der Waals surface area contributed by atoms with Gasteiger partial charge < -0.3 is 16.6 Å². The fraction of sp³-hybridized carbons (Fsp3) is 0.200. The molecule has 0 heterocycles. The summed E-state index contributed by atoms with van der Waals surface area (Å²) in [6.45, 7) is 0.598. The van der Waals surface area contributed by atoms with Gasteiger partial charge in [-0.25, -0.2) is 0 Å². The molecule has 0 spiro atoms. The molecule has 0 radical (unpaired) electrons. The van der Waals surface area contributed by atoms with E-state index < -0.39 is 0 Å². The molecule has 2 aromatic carbocycles. The van der Waals surface area contributed by atoms with Gasteiger partial charge in [-0.2, -0.15) is 0 Å². The third kappa shape index (κ3) is 2.88. The summed E-state index contributed by atoms with van der Waals surface area (Å²) in [5, 5.41) is 9.25. The highest BCUT2D eigenvalue weighted by Crippen LogP contribution is 2.23. The van der Waals surface area contributed by atoms with Gasteiger partial charge in [-0.3, -0.25) is 0 Å². The summed E-state index contributed by atoms with van der Waals surface area (Å²) in [5.74, 6) is 0.278. The van der Waals surface area contributed by atoms with Crippen LogP contribution in [0.2, 0.25) is 0 Å². The third-order valence-electron chi connectivity index (χ3n) is 3.02. The smallest absolute Gasteiger partial charge is 0.115 e. The molecule has 0 fully saturated rings. The minimum absolute atomic E-state index is 0.00358. The lowest BCUT2D eigenvalue weighted by atomic mass is 10.00. The molecular weight excluding hydrogens is 224 g/mol. The van der Waals surface area contributed by atoms with Crippen LogP contribution in [0, 0.1) is 0 Å². The average Bonchev–Trinajstić information content (AvgIpc) is 2.40. The molecule has 1 unspecified atom stereocenters. The zero-order valence-electron chi connectivity index (χ0n) is 10.2. The Morgan fingerprint density at radius 3 is 1.89 bits per heavy atom. The molecule has 18 heavy (non-hydrogen) atoms. The highest BCUT2D eigenvalue weighted by molar-refractivity contribution is 5.64. The van der Waals surface area contributed by atoms with Crippen molar-refractivity contribution in [1.29, 1.82) is 0 Å². The lowest BCUT2D eigenvalue weighted by Gasteiger charge is -2.11. The van der Waals surface area contributed by atoms with Gasteiger partial charge in [0.25, 0.3) is 0 Å². The Kier molecular flexibility index (Phi) is 3.97. The minimum atomic E-state index is 0.00358. The van der Waals surface area contributed by atoms with E-state index in [0.717, 1.165) is 23.1 Å². The van der Waals surface area contributed by atoms with Gasteiger partial charge in [0.05, 0.1) is 0 Å². The predicted molar refractivity (Wildman–Crippen MR) is 74.1 cm³/mol. The number of benzene rings is 2. The molecule has 0 amide bonds. The average molecular weight is 242 g/mol. The fourth-order valence-corrected chi connectivity index (χ4v) is 1.92. The first kappa shape index (κ1) is 12.6. The minimum Gasteiger partial charge on any atom is -0.508 e. The topological polar surface area (TPSA) is 72.3 Å². The highest BCUT2D eigenvalue weighted by atomic mass is 16.3. The van der Waals surface area contributed by atoms with Gasteiger partial charge in [0.1, 0.15) is 5.75 Å². The number of rotatable bonds is 4. The number of phenolic OH excluding ortho intramolecular Hbond substituents is 1. The molecule has 2 aromatic rings. The van der Waals surface area contributed by atoms with E-state index in [0.29, 0.717) is 6.54 Å². The maximum absolute atomic E-state index is 9.25. The lowest BCUT2D eigenvalue weighted by molar-refractivity contribution is 0.475. The van der Waals surface area contributed by atoms with Crippen LogP contribution in [0.25, 0.3) is 11.1 Å². The summed E-state index contributed by atoms with van der Waals surface area (Å²) in [4.78, 5) is 0. The van der Waals surface area contributed by atoms with E-state index in [1.54, 1.807) is 12.1 Å². The molecule has 0 saturated heterocycles. The molecule has 3 heteroatoms. The van der Waals surface area contributed by atoms with Crippen molar-refractivity contribution in [2.45, 2.75) is 12.5 Å². The van der Waals surface area contributed by atoms with Crippen molar-refractivity contribution in [3.8, 4) is 16.9 Å². The van der Waals surface area contributed by atoms with E-state index in [1.165, 1.54) is 0 Å². The Labute approximate surface area is 107 Å². The highest BCUT2D eigenvalue weighted by Gasteiger charge is 2.05. The summed E-state index contributed by atoms with van der Waals surface area (Å²) in [5.41, 5.74) is 14.8. The Balaban J connectivity index is 2.19. The number of phenols is 1. The van der Waals surface area contributed by atoms with Crippen LogP contribution < -0.4 is 11.5 Å². The lowest BCUT2D eigenvalue weighted by Crippen LogP contribution is -2.15. The molecule has 2 rings (SSSR count). The Morgan fingerprint density at radius 1 is 0.889 bits per heavy atom. The summed E-state index contributed by atoms with van der Waals surface area (Å²) in [7, 11) is 0. The van der Waals surface area contributed by atoms with Gasteiger partial charge in [-0.1, -0.05) is 36.4 Å². The van der Waals surface area contributed by atoms with Gasteiger partial charge in [0.2, 0.25) is 0 Å². The van der Waals surface area contributed by atoms with E-state index in [-0.39, 0.29) is 11.8 Å². The third-order valence-corrected chi connectivity index (χ3v) is 3.02. The van der Waals surface area contributed by atoms with Crippen LogP contribution in [0.5, 0.6) is 5.75 Å². The van der Waals surface area contributed by atoms with Gasteiger partial charge in [0, 0.05) is 6.04 Å². The Bertz CT molecular complexity index is 491.